The topological polar surface area (TPSA) is 94.7 Å². The number of para-hydroxylation sites is 1. The van der Waals surface area contributed by atoms with Gasteiger partial charge in [0.2, 0.25) is 11.8 Å². The molecule has 0 radical (unpaired) electrons. The van der Waals surface area contributed by atoms with Crippen molar-refractivity contribution in [3.8, 4) is 11.5 Å². The molecule has 1 aliphatic carbocycles. The van der Waals surface area contributed by atoms with Crippen LogP contribution in [0.3, 0.4) is 0 Å². The minimum absolute atomic E-state index is 0.0915. The number of nitrogens with one attached hydrogen (secondary N) is 2. The highest BCUT2D eigenvalue weighted by molar-refractivity contribution is 5.92. The van der Waals surface area contributed by atoms with Crippen LogP contribution in [0.4, 0.5) is 5.69 Å². The van der Waals surface area contributed by atoms with Crippen molar-refractivity contribution in [3.05, 3.63) is 65.0 Å². The zero-order chi connectivity index (χ0) is 22.8. The van der Waals surface area contributed by atoms with Crippen LogP contribution in [0, 0.1) is 5.92 Å². The van der Waals surface area contributed by atoms with Crippen molar-refractivity contribution in [2.75, 3.05) is 38.0 Å². The summed E-state index contributed by atoms with van der Waals surface area (Å²) in [7, 11) is 0. The first-order valence-corrected chi connectivity index (χ1v) is 11.3. The van der Waals surface area contributed by atoms with E-state index in [1.54, 1.807) is 24.3 Å². The van der Waals surface area contributed by atoms with Gasteiger partial charge >= 0.3 is 0 Å². The van der Waals surface area contributed by atoms with E-state index in [9.17, 15) is 14.4 Å². The van der Waals surface area contributed by atoms with Gasteiger partial charge in [-0.15, -0.1) is 0 Å². The Morgan fingerprint density at radius 3 is 2.45 bits per heavy atom. The number of carbonyl (C=O) groups is 2. The number of anilines is 1. The minimum Gasteiger partial charge on any atom is -0.456 e. The van der Waals surface area contributed by atoms with E-state index in [0.717, 1.165) is 18.2 Å². The van der Waals surface area contributed by atoms with Gasteiger partial charge in [0.1, 0.15) is 11.5 Å². The highest BCUT2D eigenvalue weighted by Gasteiger charge is 2.34. The number of carbonyl (C=O) groups excluding carboxylic acids is 2. The van der Waals surface area contributed by atoms with E-state index >= 15 is 0 Å². The number of benzene rings is 2. The van der Waals surface area contributed by atoms with E-state index in [1.807, 2.05) is 29.2 Å². The van der Waals surface area contributed by atoms with Gasteiger partial charge in [0.25, 0.3) is 5.56 Å². The number of nitrogens with zero attached hydrogens (tertiary/aromatic N) is 2. The van der Waals surface area contributed by atoms with Gasteiger partial charge in [0.15, 0.2) is 0 Å². The molecule has 170 valence electrons. The summed E-state index contributed by atoms with van der Waals surface area (Å²) in [5.74, 6) is 1.47. The normalized spacial score (nSPS) is 16.5. The zero-order valence-electron chi connectivity index (χ0n) is 18.3. The Bertz CT molecular complexity index is 1230. The lowest BCUT2D eigenvalue weighted by Crippen LogP contribution is -2.50. The molecule has 2 aliphatic rings. The second-order valence-corrected chi connectivity index (χ2v) is 8.59. The van der Waals surface area contributed by atoms with E-state index in [0.29, 0.717) is 55.4 Å². The molecule has 0 unspecified atom stereocenters. The Hall–Kier alpha value is -3.65. The first-order valence-electron chi connectivity index (χ1n) is 11.3. The molecule has 1 aromatic heterocycles. The lowest BCUT2D eigenvalue weighted by atomic mass is 10.2. The third-order valence-electron chi connectivity index (χ3n) is 6.06. The average molecular weight is 447 g/mol. The van der Waals surface area contributed by atoms with Crippen LogP contribution >= 0.6 is 0 Å². The number of fused-ring (bicyclic) bond motifs is 1. The van der Waals surface area contributed by atoms with Crippen LogP contribution in [-0.2, 0) is 9.59 Å². The minimum atomic E-state index is -0.231. The molecule has 1 saturated carbocycles. The van der Waals surface area contributed by atoms with E-state index in [-0.39, 0.29) is 23.3 Å². The lowest BCUT2D eigenvalue weighted by Gasteiger charge is -2.34. The molecule has 0 bridgehead atoms. The monoisotopic (exact) mass is 446 g/mol. The highest BCUT2D eigenvalue weighted by Crippen LogP contribution is 2.31. The summed E-state index contributed by atoms with van der Waals surface area (Å²) in [6, 6.07) is 15.9. The molecule has 2 aromatic carbocycles. The number of pyridine rings is 1. The van der Waals surface area contributed by atoms with Crippen LogP contribution in [0.2, 0.25) is 0 Å². The predicted octanol–water partition coefficient (Wildman–Crippen LogP) is 2.81. The molecule has 0 spiro atoms. The number of ether oxygens (including phenoxy) is 1. The number of aromatic nitrogens is 1. The third-order valence-corrected chi connectivity index (χ3v) is 6.06. The first-order chi connectivity index (χ1) is 16.0. The molecule has 2 fully saturated rings. The number of rotatable bonds is 6. The molecule has 2 amide bonds. The van der Waals surface area contributed by atoms with E-state index in [4.69, 9.17) is 4.74 Å². The van der Waals surface area contributed by atoms with Crippen LogP contribution < -0.4 is 15.6 Å². The van der Waals surface area contributed by atoms with Crippen LogP contribution in [0.15, 0.2) is 59.4 Å². The maximum Gasteiger partial charge on any atom is 0.252 e. The Labute approximate surface area is 191 Å². The van der Waals surface area contributed by atoms with Gasteiger partial charge in [0.05, 0.1) is 12.1 Å². The van der Waals surface area contributed by atoms with Crippen LogP contribution in [-0.4, -0.2) is 59.3 Å². The summed E-state index contributed by atoms with van der Waals surface area (Å²) < 4.78 is 5.93. The van der Waals surface area contributed by atoms with Gasteiger partial charge < -0.3 is 19.9 Å². The van der Waals surface area contributed by atoms with Crippen LogP contribution in [0.1, 0.15) is 12.8 Å². The van der Waals surface area contributed by atoms with Crippen molar-refractivity contribution in [2.45, 2.75) is 12.8 Å². The molecule has 8 heteroatoms. The van der Waals surface area contributed by atoms with E-state index in [2.05, 4.69) is 15.2 Å². The van der Waals surface area contributed by atoms with Crippen molar-refractivity contribution >= 4 is 28.4 Å². The summed E-state index contributed by atoms with van der Waals surface area (Å²) in [5, 5.41) is 3.72. The van der Waals surface area contributed by atoms with Crippen molar-refractivity contribution < 1.29 is 14.3 Å². The number of hydrogen-bond acceptors (Lipinski definition) is 5. The fourth-order valence-electron chi connectivity index (χ4n) is 4.11. The number of piperazine rings is 1. The summed E-state index contributed by atoms with van der Waals surface area (Å²) in [6.07, 6.45) is 2.04. The molecule has 1 saturated heterocycles. The van der Waals surface area contributed by atoms with E-state index < -0.39 is 0 Å². The molecule has 2 N–H and O–H groups in total. The summed E-state index contributed by atoms with van der Waals surface area (Å²) in [6.45, 7) is 3.09. The third kappa shape index (κ3) is 5.06. The van der Waals surface area contributed by atoms with Crippen molar-refractivity contribution in [1.29, 1.82) is 0 Å². The maximum atomic E-state index is 12.5. The summed E-state index contributed by atoms with van der Waals surface area (Å²) >= 11 is 0. The van der Waals surface area contributed by atoms with Gasteiger partial charge in [-0.1, -0.05) is 12.1 Å². The van der Waals surface area contributed by atoms with E-state index in [1.165, 1.54) is 6.07 Å². The Kier molecular flexibility index (Phi) is 5.83. The first kappa shape index (κ1) is 21.2. The molecule has 3 aromatic rings. The second-order valence-electron chi connectivity index (χ2n) is 8.59. The average Bonchev–Trinajstić information content (AvgIpc) is 3.66. The van der Waals surface area contributed by atoms with Crippen LogP contribution in [0.25, 0.3) is 10.9 Å². The van der Waals surface area contributed by atoms with Gasteiger partial charge in [-0.25, -0.2) is 0 Å². The van der Waals surface area contributed by atoms with Crippen molar-refractivity contribution in [2.24, 2.45) is 5.92 Å². The number of H-pyrrole nitrogens is 1. The van der Waals surface area contributed by atoms with Crippen LogP contribution in [0.5, 0.6) is 11.5 Å². The lowest BCUT2D eigenvalue weighted by molar-refractivity contribution is -0.134. The van der Waals surface area contributed by atoms with Gasteiger partial charge in [0, 0.05) is 49.2 Å². The summed E-state index contributed by atoms with van der Waals surface area (Å²) in [5.41, 5.74) is 1.15. The molecule has 8 nitrogen and oxygen atoms in total. The smallest absolute Gasteiger partial charge is 0.252 e. The van der Waals surface area contributed by atoms with Crippen molar-refractivity contribution in [1.82, 2.24) is 14.8 Å². The zero-order valence-corrected chi connectivity index (χ0v) is 18.3. The fraction of sp³-hybridized carbons (Fsp3) is 0.320. The number of aromatic amines is 1. The Morgan fingerprint density at radius 2 is 1.73 bits per heavy atom. The highest BCUT2D eigenvalue weighted by atomic mass is 16.5. The van der Waals surface area contributed by atoms with Gasteiger partial charge in [-0.3, -0.25) is 19.3 Å². The second kappa shape index (κ2) is 9.07. The number of amides is 2. The predicted molar refractivity (Wildman–Crippen MR) is 125 cm³/mol. The van der Waals surface area contributed by atoms with Crippen molar-refractivity contribution in [3.63, 3.8) is 0 Å². The SMILES string of the molecule is O=C(CN1CCN(C(=O)C2CC2)CC1)Nc1ccc(Oc2cc(=O)[nH]c3ccccc23)cc1. The molecule has 0 atom stereocenters. The molecular weight excluding hydrogens is 420 g/mol. The maximum absolute atomic E-state index is 12.5. The Balaban J connectivity index is 1.15. The van der Waals surface area contributed by atoms with Gasteiger partial charge in [-0.05, 0) is 49.2 Å². The standard InChI is InChI=1S/C25H26N4O4/c30-23-15-22(20-3-1-2-4-21(20)27-23)33-19-9-7-18(8-10-19)26-24(31)16-28-11-13-29(14-12-28)25(32)17-5-6-17/h1-4,7-10,15,17H,5-6,11-14,16H2,(H,26,31)(H,27,30). The quantitative estimate of drug-likeness (QED) is 0.607. The Morgan fingerprint density at radius 1 is 1.00 bits per heavy atom. The molecule has 1 aliphatic heterocycles. The molecule has 2 heterocycles. The largest absolute Gasteiger partial charge is 0.456 e. The fourth-order valence-corrected chi connectivity index (χ4v) is 4.11. The molecular formula is C25H26N4O4. The molecule has 5 rings (SSSR count). The summed E-state index contributed by atoms with van der Waals surface area (Å²) in [4.78, 5) is 43.3. The van der Waals surface area contributed by atoms with Gasteiger partial charge in [-0.2, -0.15) is 0 Å². The molecule has 33 heavy (non-hydrogen) atoms. The number of hydrogen-bond donors (Lipinski definition) is 2.